The van der Waals surface area contributed by atoms with E-state index in [4.69, 9.17) is 11.5 Å². The van der Waals surface area contributed by atoms with Crippen LogP contribution >= 0.6 is 24.8 Å². The summed E-state index contributed by atoms with van der Waals surface area (Å²) in [5, 5.41) is 0. The van der Waals surface area contributed by atoms with Crippen LogP contribution in [0.5, 0.6) is 0 Å². The second-order valence-corrected chi connectivity index (χ2v) is 3.65. The van der Waals surface area contributed by atoms with Crippen molar-refractivity contribution in [3.8, 4) is 0 Å². The Balaban J connectivity index is 0. The zero-order valence-corrected chi connectivity index (χ0v) is 11.0. The molecule has 2 nitrogen and oxygen atoms in total. The molecule has 0 heterocycles. The van der Waals surface area contributed by atoms with Crippen LogP contribution in [-0.4, -0.2) is 6.54 Å². The summed E-state index contributed by atoms with van der Waals surface area (Å²) in [5.41, 5.74) is 16.4. The highest BCUT2D eigenvalue weighted by atomic mass is 35.5. The first-order valence-electron chi connectivity index (χ1n) is 4.59. The fourth-order valence-electron chi connectivity index (χ4n) is 1.89. The number of benzene rings is 1. The molecular weight excluding hydrogens is 231 g/mol. The van der Waals surface area contributed by atoms with Crippen LogP contribution in [-0.2, 0) is 0 Å². The van der Waals surface area contributed by atoms with E-state index < -0.39 is 0 Å². The third kappa shape index (κ3) is 3.99. The summed E-state index contributed by atoms with van der Waals surface area (Å²) < 4.78 is 0. The highest BCUT2D eigenvalue weighted by Crippen LogP contribution is 2.21. The lowest BCUT2D eigenvalue weighted by Crippen LogP contribution is -2.22. The van der Waals surface area contributed by atoms with E-state index >= 15 is 0 Å². The first-order chi connectivity index (χ1) is 6.06. The molecule has 15 heavy (non-hydrogen) atoms. The number of rotatable bonds is 2. The molecule has 0 aliphatic carbocycles. The van der Waals surface area contributed by atoms with Crippen LogP contribution in [0.15, 0.2) is 12.1 Å². The summed E-state index contributed by atoms with van der Waals surface area (Å²) >= 11 is 0. The van der Waals surface area contributed by atoms with Gasteiger partial charge in [0, 0.05) is 12.6 Å². The standard InChI is InChI=1S/C11H18N2.2ClH/c1-7-4-8(2)11(9(3)5-7)10(13)6-12;;/h4-5,10H,6,12-13H2,1-3H3;2*1H/t10-;;/m1../s1. The second kappa shape index (κ2) is 7.07. The lowest BCUT2D eigenvalue weighted by molar-refractivity contribution is 0.725. The number of hydrogen-bond acceptors (Lipinski definition) is 2. The predicted octanol–water partition coefficient (Wildman–Crippen LogP) is 2.41. The van der Waals surface area contributed by atoms with Crippen molar-refractivity contribution in [2.45, 2.75) is 26.8 Å². The van der Waals surface area contributed by atoms with Crippen molar-refractivity contribution in [1.29, 1.82) is 0 Å². The summed E-state index contributed by atoms with van der Waals surface area (Å²) in [6, 6.07) is 4.27. The lowest BCUT2D eigenvalue weighted by Gasteiger charge is -2.16. The Labute approximate surface area is 104 Å². The summed E-state index contributed by atoms with van der Waals surface area (Å²) in [5.74, 6) is 0. The summed E-state index contributed by atoms with van der Waals surface area (Å²) in [6.07, 6.45) is 0. The third-order valence-corrected chi connectivity index (χ3v) is 2.36. The molecule has 0 unspecified atom stereocenters. The van der Waals surface area contributed by atoms with Gasteiger partial charge < -0.3 is 11.5 Å². The molecule has 1 rings (SSSR count). The van der Waals surface area contributed by atoms with Gasteiger partial charge in [0.2, 0.25) is 0 Å². The number of hydrogen-bond donors (Lipinski definition) is 2. The van der Waals surface area contributed by atoms with Gasteiger partial charge in [-0.15, -0.1) is 24.8 Å². The van der Waals surface area contributed by atoms with E-state index in [1.807, 2.05) is 0 Å². The fraction of sp³-hybridized carbons (Fsp3) is 0.455. The van der Waals surface area contributed by atoms with Crippen LogP contribution < -0.4 is 11.5 Å². The minimum Gasteiger partial charge on any atom is -0.329 e. The predicted molar refractivity (Wildman–Crippen MR) is 71.1 cm³/mol. The molecule has 0 saturated carbocycles. The maximum Gasteiger partial charge on any atom is 0.0424 e. The molecule has 88 valence electrons. The van der Waals surface area contributed by atoms with Crippen molar-refractivity contribution >= 4 is 24.8 Å². The molecule has 0 fully saturated rings. The summed E-state index contributed by atoms with van der Waals surface area (Å²) in [7, 11) is 0. The molecule has 0 amide bonds. The van der Waals surface area contributed by atoms with E-state index in [0.29, 0.717) is 6.54 Å². The van der Waals surface area contributed by atoms with Gasteiger partial charge in [-0.05, 0) is 37.5 Å². The Morgan fingerprint density at radius 3 is 1.80 bits per heavy atom. The monoisotopic (exact) mass is 250 g/mol. The van der Waals surface area contributed by atoms with Crippen LogP contribution in [0, 0.1) is 20.8 Å². The SMILES string of the molecule is Cc1cc(C)c([C@H](N)CN)c(C)c1.Cl.Cl. The van der Waals surface area contributed by atoms with Crippen molar-refractivity contribution < 1.29 is 0 Å². The Morgan fingerprint density at radius 2 is 1.47 bits per heavy atom. The fourth-order valence-corrected chi connectivity index (χ4v) is 1.89. The highest BCUT2D eigenvalue weighted by Gasteiger charge is 2.10. The molecule has 4 N–H and O–H groups in total. The number of nitrogens with two attached hydrogens (primary N) is 2. The van der Waals surface area contributed by atoms with E-state index in [0.717, 1.165) is 0 Å². The molecule has 0 bridgehead atoms. The van der Waals surface area contributed by atoms with Crippen LogP contribution in [0.4, 0.5) is 0 Å². The van der Waals surface area contributed by atoms with Gasteiger partial charge in [0.25, 0.3) is 0 Å². The average molecular weight is 251 g/mol. The van der Waals surface area contributed by atoms with Gasteiger partial charge in [-0.25, -0.2) is 0 Å². The summed E-state index contributed by atoms with van der Waals surface area (Å²) in [6.45, 7) is 6.78. The van der Waals surface area contributed by atoms with Crippen molar-refractivity contribution in [1.82, 2.24) is 0 Å². The van der Waals surface area contributed by atoms with Gasteiger partial charge in [0.05, 0.1) is 0 Å². The molecule has 0 spiro atoms. The smallest absolute Gasteiger partial charge is 0.0424 e. The van der Waals surface area contributed by atoms with Gasteiger partial charge in [0.1, 0.15) is 0 Å². The Bertz CT molecular complexity index is 290. The molecule has 1 atom stereocenters. The minimum absolute atomic E-state index is 0. The van der Waals surface area contributed by atoms with Crippen molar-refractivity contribution in [2.75, 3.05) is 6.54 Å². The van der Waals surface area contributed by atoms with Crippen LogP contribution in [0.3, 0.4) is 0 Å². The maximum atomic E-state index is 5.92. The molecule has 0 aliphatic rings. The third-order valence-electron chi connectivity index (χ3n) is 2.36. The molecular formula is C11H20Cl2N2. The van der Waals surface area contributed by atoms with E-state index in [9.17, 15) is 0 Å². The van der Waals surface area contributed by atoms with Crippen molar-refractivity contribution in [3.63, 3.8) is 0 Å². The molecule has 1 aromatic carbocycles. The van der Waals surface area contributed by atoms with Crippen LogP contribution in [0.2, 0.25) is 0 Å². The zero-order valence-electron chi connectivity index (χ0n) is 9.41. The Kier molecular flexibility index (Phi) is 8.07. The number of halogens is 2. The quantitative estimate of drug-likeness (QED) is 0.848. The molecule has 4 heteroatoms. The van der Waals surface area contributed by atoms with Gasteiger partial charge in [-0.2, -0.15) is 0 Å². The van der Waals surface area contributed by atoms with E-state index in [2.05, 4.69) is 32.9 Å². The largest absolute Gasteiger partial charge is 0.329 e. The molecule has 0 aromatic heterocycles. The zero-order chi connectivity index (χ0) is 10.0. The van der Waals surface area contributed by atoms with Crippen LogP contribution in [0.25, 0.3) is 0 Å². The topological polar surface area (TPSA) is 52.0 Å². The molecule has 0 saturated heterocycles. The first kappa shape index (κ1) is 17.1. The van der Waals surface area contributed by atoms with Crippen LogP contribution in [0.1, 0.15) is 28.3 Å². The average Bonchev–Trinajstić information content (AvgIpc) is 2.02. The van der Waals surface area contributed by atoms with Gasteiger partial charge in [-0.1, -0.05) is 17.7 Å². The molecule has 0 aliphatic heterocycles. The normalized spacial score (nSPS) is 11.3. The van der Waals surface area contributed by atoms with Crippen molar-refractivity contribution in [3.05, 3.63) is 34.4 Å². The Morgan fingerprint density at radius 1 is 1.07 bits per heavy atom. The molecule has 1 aromatic rings. The van der Waals surface area contributed by atoms with E-state index in [1.54, 1.807) is 0 Å². The minimum atomic E-state index is -0.0272. The van der Waals surface area contributed by atoms with E-state index in [-0.39, 0.29) is 30.9 Å². The number of aryl methyl sites for hydroxylation is 3. The first-order valence-corrected chi connectivity index (χ1v) is 4.59. The van der Waals surface area contributed by atoms with Gasteiger partial charge in [-0.3, -0.25) is 0 Å². The summed E-state index contributed by atoms with van der Waals surface area (Å²) in [4.78, 5) is 0. The second-order valence-electron chi connectivity index (χ2n) is 3.65. The maximum absolute atomic E-state index is 5.92. The Hall–Kier alpha value is -0.280. The van der Waals surface area contributed by atoms with E-state index in [1.165, 1.54) is 22.3 Å². The lowest BCUT2D eigenvalue weighted by atomic mass is 9.94. The molecule has 0 radical (unpaired) electrons. The van der Waals surface area contributed by atoms with Gasteiger partial charge >= 0.3 is 0 Å². The van der Waals surface area contributed by atoms with Gasteiger partial charge in [0.15, 0.2) is 0 Å². The van der Waals surface area contributed by atoms with Crippen molar-refractivity contribution in [2.24, 2.45) is 11.5 Å². The highest BCUT2D eigenvalue weighted by molar-refractivity contribution is 5.85.